The molecule has 3 heterocycles. The predicted octanol–water partition coefficient (Wildman–Crippen LogP) is 4.47. The highest BCUT2D eigenvalue weighted by Crippen LogP contribution is 2.26. The van der Waals surface area contributed by atoms with Crippen LogP contribution in [-0.2, 0) is 9.47 Å². The summed E-state index contributed by atoms with van der Waals surface area (Å²) in [6.07, 6.45) is 0. The Morgan fingerprint density at radius 3 is 1.38 bits per heavy atom. The first-order chi connectivity index (χ1) is 19.6. The van der Waals surface area contributed by atoms with E-state index in [4.69, 9.17) is 9.47 Å². The first-order valence-electron chi connectivity index (χ1n) is 12.5. The number of rotatable bonds is 8. The van der Waals surface area contributed by atoms with Crippen LogP contribution in [0.25, 0.3) is 45.6 Å². The monoisotopic (exact) mass is 533 g/mol. The summed E-state index contributed by atoms with van der Waals surface area (Å²) >= 11 is 0. The third-order valence-electron chi connectivity index (χ3n) is 5.61. The summed E-state index contributed by atoms with van der Waals surface area (Å²) in [5.41, 5.74) is 2.73. The highest BCUT2D eigenvalue weighted by atomic mass is 16.5. The summed E-state index contributed by atoms with van der Waals surface area (Å²) in [5, 5.41) is 16.6. The zero-order valence-corrected chi connectivity index (χ0v) is 21.7. The average Bonchev–Trinajstić information content (AvgIpc) is 3.01. The number of nitrogens with zero attached hydrogens (tertiary/aromatic N) is 7. The van der Waals surface area contributed by atoms with Crippen molar-refractivity contribution in [1.29, 1.82) is 0 Å². The Bertz CT molecular complexity index is 1540. The highest BCUT2D eigenvalue weighted by Gasteiger charge is 2.22. The van der Waals surface area contributed by atoms with Crippen molar-refractivity contribution < 1.29 is 19.1 Å². The van der Waals surface area contributed by atoms with Crippen molar-refractivity contribution in [2.24, 2.45) is 0 Å². The van der Waals surface area contributed by atoms with Gasteiger partial charge in [0, 0.05) is 11.1 Å². The van der Waals surface area contributed by atoms with Gasteiger partial charge < -0.3 is 9.47 Å². The van der Waals surface area contributed by atoms with Crippen molar-refractivity contribution in [3.05, 3.63) is 90.3 Å². The van der Waals surface area contributed by atoms with E-state index in [2.05, 4.69) is 35.3 Å². The van der Waals surface area contributed by atoms with E-state index >= 15 is 0 Å². The van der Waals surface area contributed by atoms with Crippen molar-refractivity contribution in [2.75, 3.05) is 13.2 Å². The lowest BCUT2D eigenvalue weighted by Gasteiger charge is -2.10. The van der Waals surface area contributed by atoms with Crippen LogP contribution in [0.1, 0.15) is 34.8 Å². The van der Waals surface area contributed by atoms with Crippen molar-refractivity contribution in [3.8, 4) is 45.6 Å². The van der Waals surface area contributed by atoms with Crippen LogP contribution >= 0.6 is 0 Å². The zero-order valence-electron chi connectivity index (χ0n) is 21.7. The summed E-state index contributed by atoms with van der Waals surface area (Å²) in [7, 11) is 0. The molecule has 0 saturated heterocycles. The highest BCUT2D eigenvalue weighted by molar-refractivity contribution is 5.94. The second kappa shape index (κ2) is 11.9. The van der Waals surface area contributed by atoms with Gasteiger partial charge in [0.05, 0.1) is 13.2 Å². The molecule has 0 bridgehead atoms. The van der Waals surface area contributed by atoms with Gasteiger partial charge in [-0.15, -0.1) is 20.4 Å². The molecule has 11 nitrogen and oxygen atoms in total. The molecule has 40 heavy (non-hydrogen) atoms. The Morgan fingerprint density at radius 1 is 0.550 bits per heavy atom. The van der Waals surface area contributed by atoms with E-state index in [1.807, 2.05) is 60.7 Å². The molecular formula is C29H23N7O4. The molecule has 2 aromatic carbocycles. The minimum atomic E-state index is -0.621. The van der Waals surface area contributed by atoms with Gasteiger partial charge in [-0.2, -0.15) is 0 Å². The summed E-state index contributed by atoms with van der Waals surface area (Å²) in [4.78, 5) is 39.0. The van der Waals surface area contributed by atoms with E-state index in [0.29, 0.717) is 33.9 Å². The number of hydrogen-bond acceptors (Lipinski definition) is 11. The number of esters is 2. The zero-order chi connectivity index (χ0) is 27.9. The Kier molecular flexibility index (Phi) is 7.82. The van der Waals surface area contributed by atoms with Crippen LogP contribution in [0.4, 0.5) is 0 Å². The SMILES string of the molecule is CCOC(=O)c1nnc(-c2cccc(-c3nnc(C(=O)OCC)c(-c4ccccc4)n3)n2)nc1-c1ccccc1. The number of carbonyl (C=O) groups is 2. The molecule has 0 amide bonds. The summed E-state index contributed by atoms with van der Waals surface area (Å²) < 4.78 is 10.3. The Hall–Kier alpha value is -5.45. The second-order valence-electron chi connectivity index (χ2n) is 8.25. The van der Waals surface area contributed by atoms with Crippen LogP contribution in [0.3, 0.4) is 0 Å². The van der Waals surface area contributed by atoms with Crippen LogP contribution in [0, 0.1) is 0 Å². The standard InChI is InChI=1S/C29H23N7O4/c1-3-39-28(37)24-22(18-12-7-5-8-13-18)31-26(35-33-24)20-16-11-17-21(30-20)27-32-23(19-14-9-6-10-15-19)25(34-36-27)29(38)40-4-2/h5-17H,3-4H2,1-2H3. The maximum absolute atomic E-state index is 12.6. The van der Waals surface area contributed by atoms with E-state index < -0.39 is 11.9 Å². The van der Waals surface area contributed by atoms with Crippen molar-refractivity contribution in [1.82, 2.24) is 35.3 Å². The molecule has 5 rings (SSSR count). The molecule has 0 aliphatic carbocycles. The van der Waals surface area contributed by atoms with Crippen LogP contribution in [-0.4, -0.2) is 60.5 Å². The molecule has 0 atom stereocenters. The molecule has 3 aromatic heterocycles. The van der Waals surface area contributed by atoms with E-state index in [0.717, 1.165) is 0 Å². The van der Waals surface area contributed by atoms with Crippen molar-refractivity contribution in [3.63, 3.8) is 0 Å². The maximum Gasteiger partial charge on any atom is 0.361 e. The number of aromatic nitrogens is 7. The van der Waals surface area contributed by atoms with Gasteiger partial charge in [0.25, 0.3) is 0 Å². The Morgan fingerprint density at radius 2 is 0.975 bits per heavy atom. The largest absolute Gasteiger partial charge is 0.461 e. The minimum absolute atomic E-state index is 0.00236. The van der Waals surface area contributed by atoms with Crippen LogP contribution in [0.15, 0.2) is 78.9 Å². The molecule has 0 unspecified atom stereocenters. The van der Waals surface area contributed by atoms with Gasteiger partial charge in [0.1, 0.15) is 22.8 Å². The molecule has 0 aliphatic heterocycles. The number of carbonyl (C=O) groups excluding carboxylic acids is 2. The van der Waals surface area contributed by atoms with E-state index in [9.17, 15) is 9.59 Å². The molecule has 0 fully saturated rings. The fourth-order valence-corrected chi connectivity index (χ4v) is 3.82. The Labute approximate surface area is 229 Å². The summed E-state index contributed by atoms with van der Waals surface area (Å²) in [5.74, 6) is -0.866. The van der Waals surface area contributed by atoms with Crippen molar-refractivity contribution in [2.45, 2.75) is 13.8 Å². The van der Waals surface area contributed by atoms with Gasteiger partial charge in [-0.05, 0) is 26.0 Å². The minimum Gasteiger partial charge on any atom is -0.461 e. The second-order valence-corrected chi connectivity index (χ2v) is 8.25. The Balaban J connectivity index is 1.58. The van der Waals surface area contributed by atoms with Gasteiger partial charge in [-0.3, -0.25) is 0 Å². The summed E-state index contributed by atoms with van der Waals surface area (Å²) in [6, 6.07) is 23.5. The molecule has 0 saturated carbocycles. The van der Waals surface area contributed by atoms with Gasteiger partial charge in [0.15, 0.2) is 11.4 Å². The lowest BCUT2D eigenvalue weighted by Crippen LogP contribution is -2.13. The number of ether oxygens (including phenoxy) is 2. The van der Waals surface area contributed by atoms with Gasteiger partial charge in [-0.25, -0.2) is 24.5 Å². The molecule has 198 valence electrons. The topological polar surface area (TPSA) is 143 Å². The van der Waals surface area contributed by atoms with Crippen LogP contribution < -0.4 is 0 Å². The van der Waals surface area contributed by atoms with E-state index in [1.165, 1.54) is 0 Å². The molecule has 11 heteroatoms. The third-order valence-corrected chi connectivity index (χ3v) is 5.61. The number of pyridine rings is 1. The van der Waals surface area contributed by atoms with Crippen LogP contribution in [0.5, 0.6) is 0 Å². The fraction of sp³-hybridized carbons (Fsp3) is 0.138. The van der Waals surface area contributed by atoms with Gasteiger partial charge >= 0.3 is 11.9 Å². The number of hydrogen-bond donors (Lipinski definition) is 0. The lowest BCUT2D eigenvalue weighted by molar-refractivity contribution is 0.0509. The lowest BCUT2D eigenvalue weighted by atomic mass is 10.1. The van der Waals surface area contributed by atoms with E-state index in [1.54, 1.807) is 32.0 Å². The molecular weight excluding hydrogens is 510 g/mol. The molecule has 0 radical (unpaired) electrons. The fourth-order valence-electron chi connectivity index (χ4n) is 3.82. The maximum atomic E-state index is 12.6. The van der Waals surface area contributed by atoms with Crippen molar-refractivity contribution >= 4 is 11.9 Å². The summed E-state index contributed by atoms with van der Waals surface area (Å²) in [6.45, 7) is 3.80. The number of benzene rings is 2. The molecule has 0 spiro atoms. The molecule has 5 aromatic rings. The first-order valence-corrected chi connectivity index (χ1v) is 12.5. The van der Waals surface area contributed by atoms with E-state index in [-0.39, 0.29) is 36.3 Å². The van der Waals surface area contributed by atoms with Gasteiger partial charge in [0.2, 0.25) is 11.6 Å². The molecule has 0 N–H and O–H groups in total. The normalized spacial score (nSPS) is 10.7. The predicted molar refractivity (Wildman–Crippen MR) is 145 cm³/mol. The molecule has 0 aliphatic rings. The smallest absolute Gasteiger partial charge is 0.361 e. The third kappa shape index (κ3) is 5.53. The first kappa shape index (κ1) is 26.2. The van der Waals surface area contributed by atoms with Gasteiger partial charge in [-0.1, -0.05) is 66.7 Å². The van der Waals surface area contributed by atoms with Crippen LogP contribution in [0.2, 0.25) is 0 Å². The average molecular weight is 534 g/mol. The quantitative estimate of drug-likeness (QED) is 0.261.